The summed E-state index contributed by atoms with van der Waals surface area (Å²) in [5.74, 6) is 0.416. The first kappa shape index (κ1) is 9.00. The van der Waals surface area contributed by atoms with E-state index < -0.39 is 0 Å². The molecular formula is C17H11. The van der Waals surface area contributed by atoms with Crippen molar-refractivity contribution >= 4 is 16.8 Å². The molecule has 0 amide bonds. The van der Waals surface area contributed by atoms with E-state index in [2.05, 4.69) is 60.7 Å². The molecule has 0 nitrogen and oxygen atoms in total. The number of rotatable bonds is 0. The van der Waals surface area contributed by atoms with Crippen molar-refractivity contribution in [2.24, 2.45) is 0 Å². The van der Waals surface area contributed by atoms with Crippen LogP contribution in [0.1, 0.15) is 17.0 Å². The van der Waals surface area contributed by atoms with Crippen LogP contribution in [0.25, 0.3) is 16.8 Å². The zero-order valence-corrected chi connectivity index (χ0v) is 9.35. The highest BCUT2D eigenvalue weighted by Gasteiger charge is 2.22. The molecule has 4 rings (SSSR count). The van der Waals surface area contributed by atoms with Crippen molar-refractivity contribution in [3.8, 4) is 0 Å². The summed E-state index contributed by atoms with van der Waals surface area (Å²) in [5, 5.41) is 2.66. The Hall–Kier alpha value is -2.08. The molecule has 2 aliphatic rings. The Labute approximate surface area is 101 Å². The average molecular weight is 215 g/mol. The van der Waals surface area contributed by atoms with Crippen molar-refractivity contribution < 1.29 is 0 Å². The van der Waals surface area contributed by atoms with Crippen LogP contribution in [0.5, 0.6) is 0 Å². The summed E-state index contributed by atoms with van der Waals surface area (Å²) in [6.07, 6.45) is 12.0. The van der Waals surface area contributed by atoms with Crippen LogP contribution in [0.4, 0.5) is 0 Å². The fourth-order valence-electron chi connectivity index (χ4n) is 2.80. The molecule has 17 heavy (non-hydrogen) atoms. The Kier molecular flexibility index (Phi) is 1.70. The highest BCUT2D eigenvalue weighted by Crippen LogP contribution is 2.40. The number of hydrogen-bond donors (Lipinski definition) is 0. The third-order valence-corrected chi connectivity index (χ3v) is 3.64. The Bertz CT molecular complexity index is 699. The van der Waals surface area contributed by atoms with E-state index in [4.69, 9.17) is 0 Å². The summed E-state index contributed by atoms with van der Waals surface area (Å²) in [5.41, 5.74) is 4.06. The molecular weight excluding hydrogens is 204 g/mol. The van der Waals surface area contributed by atoms with Gasteiger partial charge in [-0.25, -0.2) is 0 Å². The summed E-state index contributed by atoms with van der Waals surface area (Å²) in [7, 11) is 0. The lowest BCUT2D eigenvalue weighted by Gasteiger charge is -2.20. The molecule has 1 unspecified atom stereocenters. The molecule has 0 fully saturated rings. The summed E-state index contributed by atoms with van der Waals surface area (Å²) < 4.78 is 0. The number of allylic oxidation sites excluding steroid dienone is 5. The monoisotopic (exact) mass is 215 g/mol. The normalized spacial score (nSPS) is 20.2. The standard InChI is InChI=1S/C17H11/c1-2-6-14-12(4-1)8-10-17-15-7-3-5-13(15)9-11-16(14)17/h1-4,6-11,15H. The van der Waals surface area contributed by atoms with Crippen LogP contribution in [0, 0.1) is 6.08 Å². The largest absolute Gasteiger partial charge is 0.0720 e. The molecule has 0 aromatic heterocycles. The van der Waals surface area contributed by atoms with Gasteiger partial charge in [0.05, 0.1) is 0 Å². The molecule has 0 heterocycles. The lowest BCUT2D eigenvalue weighted by molar-refractivity contribution is 1.04. The maximum atomic E-state index is 3.30. The molecule has 0 spiro atoms. The van der Waals surface area contributed by atoms with E-state index in [0.29, 0.717) is 5.92 Å². The van der Waals surface area contributed by atoms with E-state index in [1.165, 1.54) is 27.5 Å². The number of benzene rings is 2. The first-order chi connectivity index (χ1) is 8.43. The van der Waals surface area contributed by atoms with Crippen LogP contribution >= 0.6 is 0 Å². The van der Waals surface area contributed by atoms with E-state index >= 15 is 0 Å². The second-order valence-electron chi connectivity index (χ2n) is 4.56. The number of fused-ring (bicyclic) bond motifs is 5. The molecule has 2 aromatic carbocycles. The Balaban J connectivity index is 2.09. The highest BCUT2D eigenvalue weighted by atomic mass is 14.2. The molecule has 0 N–H and O–H groups in total. The van der Waals surface area contributed by atoms with Gasteiger partial charge in [0.15, 0.2) is 0 Å². The summed E-state index contributed by atoms with van der Waals surface area (Å²) in [6.45, 7) is 0. The maximum Gasteiger partial charge on any atom is 0.0285 e. The Morgan fingerprint density at radius 2 is 1.88 bits per heavy atom. The van der Waals surface area contributed by atoms with Crippen molar-refractivity contribution in [2.45, 2.75) is 5.92 Å². The van der Waals surface area contributed by atoms with Gasteiger partial charge in [-0.1, -0.05) is 60.7 Å². The van der Waals surface area contributed by atoms with Gasteiger partial charge in [0.1, 0.15) is 0 Å². The predicted octanol–water partition coefficient (Wildman–Crippen LogP) is 4.25. The van der Waals surface area contributed by atoms with Gasteiger partial charge in [-0.05, 0) is 33.5 Å². The zero-order valence-electron chi connectivity index (χ0n) is 9.35. The lowest BCUT2D eigenvalue weighted by Crippen LogP contribution is -2.02. The van der Waals surface area contributed by atoms with Crippen molar-refractivity contribution in [2.75, 3.05) is 0 Å². The average Bonchev–Trinajstić information content (AvgIpc) is 2.86. The van der Waals surface area contributed by atoms with E-state index in [1.807, 2.05) is 6.08 Å². The van der Waals surface area contributed by atoms with Crippen LogP contribution in [0.2, 0.25) is 0 Å². The fourth-order valence-corrected chi connectivity index (χ4v) is 2.80. The molecule has 0 bridgehead atoms. The van der Waals surface area contributed by atoms with Crippen molar-refractivity contribution in [1.29, 1.82) is 0 Å². The van der Waals surface area contributed by atoms with Crippen LogP contribution in [-0.2, 0) is 0 Å². The van der Waals surface area contributed by atoms with Gasteiger partial charge in [0.25, 0.3) is 0 Å². The van der Waals surface area contributed by atoms with Crippen LogP contribution < -0.4 is 0 Å². The van der Waals surface area contributed by atoms with Gasteiger partial charge in [0.2, 0.25) is 0 Å². The molecule has 79 valence electrons. The molecule has 2 aromatic rings. The molecule has 0 aliphatic heterocycles. The summed E-state index contributed by atoms with van der Waals surface area (Å²) in [6, 6.07) is 13.1. The van der Waals surface area contributed by atoms with E-state index in [-0.39, 0.29) is 0 Å². The molecule has 0 saturated heterocycles. The fraction of sp³-hybridized carbons (Fsp3) is 0.0588. The van der Waals surface area contributed by atoms with Gasteiger partial charge in [-0.15, -0.1) is 0 Å². The van der Waals surface area contributed by atoms with Crippen LogP contribution in [0.15, 0.2) is 60.2 Å². The maximum absolute atomic E-state index is 3.30. The first-order valence-corrected chi connectivity index (χ1v) is 5.93. The van der Waals surface area contributed by atoms with Gasteiger partial charge >= 0.3 is 0 Å². The van der Waals surface area contributed by atoms with Gasteiger partial charge in [-0.2, -0.15) is 0 Å². The smallest absolute Gasteiger partial charge is 0.0285 e. The second-order valence-corrected chi connectivity index (χ2v) is 4.56. The Morgan fingerprint density at radius 1 is 0.941 bits per heavy atom. The molecule has 1 radical (unpaired) electrons. The van der Waals surface area contributed by atoms with Gasteiger partial charge < -0.3 is 0 Å². The molecule has 0 saturated carbocycles. The zero-order chi connectivity index (χ0) is 11.2. The number of hydrogen-bond acceptors (Lipinski definition) is 0. The van der Waals surface area contributed by atoms with E-state index in [9.17, 15) is 0 Å². The van der Waals surface area contributed by atoms with Gasteiger partial charge in [-0.3, -0.25) is 0 Å². The van der Waals surface area contributed by atoms with E-state index in [0.717, 1.165) is 0 Å². The minimum atomic E-state index is 0.416. The highest BCUT2D eigenvalue weighted by molar-refractivity contribution is 5.93. The first-order valence-electron chi connectivity index (χ1n) is 5.93. The predicted molar refractivity (Wildman–Crippen MR) is 71.6 cm³/mol. The third kappa shape index (κ3) is 1.18. The molecule has 0 heteroatoms. The lowest BCUT2D eigenvalue weighted by atomic mass is 9.83. The molecule has 2 aliphatic carbocycles. The topological polar surface area (TPSA) is 0 Å². The summed E-state index contributed by atoms with van der Waals surface area (Å²) >= 11 is 0. The SMILES string of the molecule is [C]1=C2C=Cc3c(ccc4ccccc34)C2C=C1. The van der Waals surface area contributed by atoms with Crippen LogP contribution in [0.3, 0.4) is 0 Å². The van der Waals surface area contributed by atoms with Crippen LogP contribution in [-0.4, -0.2) is 0 Å². The Morgan fingerprint density at radius 3 is 2.88 bits per heavy atom. The third-order valence-electron chi connectivity index (χ3n) is 3.64. The van der Waals surface area contributed by atoms with E-state index in [1.54, 1.807) is 0 Å². The second kappa shape index (κ2) is 3.21. The quantitative estimate of drug-likeness (QED) is 0.616. The van der Waals surface area contributed by atoms with Crippen molar-refractivity contribution in [3.05, 3.63) is 77.4 Å². The van der Waals surface area contributed by atoms with Gasteiger partial charge in [0, 0.05) is 5.92 Å². The summed E-state index contributed by atoms with van der Waals surface area (Å²) in [4.78, 5) is 0. The minimum Gasteiger partial charge on any atom is -0.0720 e. The van der Waals surface area contributed by atoms with Crippen molar-refractivity contribution in [1.82, 2.24) is 0 Å². The molecule has 1 atom stereocenters. The minimum absolute atomic E-state index is 0.416. The van der Waals surface area contributed by atoms with Crippen molar-refractivity contribution in [3.63, 3.8) is 0 Å².